The van der Waals surface area contributed by atoms with Gasteiger partial charge in [0, 0.05) is 38.1 Å². The van der Waals surface area contributed by atoms with Crippen molar-refractivity contribution in [2.45, 2.75) is 12.8 Å². The van der Waals surface area contributed by atoms with E-state index in [2.05, 4.69) is 40.6 Å². The third-order valence-corrected chi connectivity index (χ3v) is 5.85. The second-order valence-corrected chi connectivity index (χ2v) is 7.82. The minimum atomic E-state index is -0.632. The highest BCUT2D eigenvalue weighted by Gasteiger charge is 2.45. The van der Waals surface area contributed by atoms with E-state index in [0.29, 0.717) is 31.5 Å². The number of pyridine rings is 1. The highest BCUT2D eigenvalue weighted by molar-refractivity contribution is 5.95. The summed E-state index contributed by atoms with van der Waals surface area (Å²) >= 11 is 0. The number of hydrogen-bond donors (Lipinski definition) is 1. The number of hydrogen-bond acceptors (Lipinski definition) is 3. The van der Waals surface area contributed by atoms with Crippen molar-refractivity contribution in [2.75, 3.05) is 20.1 Å². The number of carbonyl (C=O) groups is 2. The Morgan fingerprint density at radius 1 is 1.00 bits per heavy atom. The van der Waals surface area contributed by atoms with E-state index in [1.807, 2.05) is 24.3 Å². The van der Waals surface area contributed by atoms with E-state index < -0.39 is 5.41 Å². The summed E-state index contributed by atoms with van der Waals surface area (Å²) in [7, 11) is 1.66. The Balaban J connectivity index is 1.59. The van der Waals surface area contributed by atoms with Crippen LogP contribution in [0.2, 0.25) is 0 Å². The van der Waals surface area contributed by atoms with E-state index in [9.17, 15) is 9.59 Å². The molecule has 1 aliphatic heterocycles. The van der Waals surface area contributed by atoms with Crippen LogP contribution in [-0.2, 0) is 11.2 Å². The standard InChI is InChI=1S/C25H25N3O2/c1-26-24(30)25(12-15-28(18-25)23(29)21-10-13-27-14-11-21)17-19-6-5-9-22(16-19)20-7-3-2-4-8-20/h2-11,13-14,16H,12,15,17-18H2,1H3,(H,26,30)/t25-/m1/s1. The lowest BCUT2D eigenvalue weighted by Crippen LogP contribution is -2.44. The van der Waals surface area contributed by atoms with Crippen molar-refractivity contribution < 1.29 is 9.59 Å². The first kappa shape index (κ1) is 19.8. The molecule has 30 heavy (non-hydrogen) atoms. The zero-order chi connectivity index (χ0) is 21.0. The molecule has 0 spiro atoms. The van der Waals surface area contributed by atoms with Crippen LogP contribution in [0.25, 0.3) is 11.1 Å². The smallest absolute Gasteiger partial charge is 0.253 e. The van der Waals surface area contributed by atoms with Gasteiger partial charge in [0.05, 0.1) is 5.41 Å². The second kappa shape index (κ2) is 8.49. The third kappa shape index (κ3) is 3.96. The van der Waals surface area contributed by atoms with Gasteiger partial charge >= 0.3 is 0 Å². The molecule has 5 heteroatoms. The van der Waals surface area contributed by atoms with Gasteiger partial charge < -0.3 is 10.2 Å². The van der Waals surface area contributed by atoms with Gasteiger partial charge in [-0.25, -0.2) is 0 Å². The first-order valence-electron chi connectivity index (χ1n) is 10.2. The van der Waals surface area contributed by atoms with Gasteiger partial charge in [0.25, 0.3) is 5.91 Å². The maximum Gasteiger partial charge on any atom is 0.253 e. The minimum absolute atomic E-state index is 0.0161. The van der Waals surface area contributed by atoms with E-state index >= 15 is 0 Å². The van der Waals surface area contributed by atoms with E-state index in [0.717, 1.165) is 16.7 Å². The van der Waals surface area contributed by atoms with Crippen LogP contribution in [0.3, 0.4) is 0 Å². The molecule has 0 unspecified atom stereocenters. The Hall–Kier alpha value is -3.47. The maximum absolute atomic E-state index is 12.9. The molecule has 4 rings (SSSR count). The Labute approximate surface area is 176 Å². The van der Waals surface area contributed by atoms with Crippen LogP contribution in [0.4, 0.5) is 0 Å². The normalized spacial score (nSPS) is 18.2. The van der Waals surface area contributed by atoms with Gasteiger partial charge in [0.2, 0.25) is 5.91 Å². The number of aromatic nitrogens is 1. The molecule has 1 saturated heterocycles. The zero-order valence-corrected chi connectivity index (χ0v) is 17.0. The van der Waals surface area contributed by atoms with Crippen molar-refractivity contribution in [3.8, 4) is 11.1 Å². The molecule has 1 fully saturated rings. The average Bonchev–Trinajstić information content (AvgIpc) is 3.24. The fourth-order valence-corrected chi connectivity index (χ4v) is 4.28. The molecule has 2 heterocycles. The fourth-order valence-electron chi connectivity index (χ4n) is 4.28. The van der Waals surface area contributed by atoms with Crippen molar-refractivity contribution in [1.82, 2.24) is 15.2 Å². The minimum Gasteiger partial charge on any atom is -0.359 e. The second-order valence-electron chi connectivity index (χ2n) is 7.82. The van der Waals surface area contributed by atoms with Crippen LogP contribution < -0.4 is 5.32 Å². The molecule has 3 aromatic rings. The van der Waals surface area contributed by atoms with Gasteiger partial charge in [-0.3, -0.25) is 14.6 Å². The van der Waals surface area contributed by atoms with E-state index in [-0.39, 0.29) is 11.8 Å². The lowest BCUT2D eigenvalue weighted by Gasteiger charge is -2.28. The number of carbonyl (C=O) groups excluding carboxylic acids is 2. The Bertz CT molecular complexity index is 1040. The number of nitrogens with zero attached hydrogens (tertiary/aromatic N) is 2. The molecule has 2 aromatic carbocycles. The highest BCUT2D eigenvalue weighted by Crippen LogP contribution is 2.36. The lowest BCUT2D eigenvalue weighted by atomic mass is 9.79. The van der Waals surface area contributed by atoms with E-state index in [1.165, 1.54) is 0 Å². The SMILES string of the molecule is CNC(=O)[C@@]1(Cc2cccc(-c3ccccc3)c2)CCN(C(=O)c2ccncc2)C1. The topological polar surface area (TPSA) is 62.3 Å². The van der Waals surface area contributed by atoms with Gasteiger partial charge in [0.15, 0.2) is 0 Å². The molecule has 0 bridgehead atoms. The molecular weight excluding hydrogens is 374 g/mol. The van der Waals surface area contributed by atoms with Crippen LogP contribution in [-0.4, -0.2) is 41.8 Å². The predicted octanol–water partition coefficient (Wildman–Crippen LogP) is 3.57. The molecule has 152 valence electrons. The van der Waals surface area contributed by atoms with Crippen molar-refractivity contribution in [3.05, 3.63) is 90.3 Å². The van der Waals surface area contributed by atoms with Crippen LogP contribution in [0.1, 0.15) is 22.3 Å². The summed E-state index contributed by atoms with van der Waals surface area (Å²) in [5.41, 5.74) is 3.34. The first-order valence-corrected chi connectivity index (χ1v) is 10.2. The quantitative estimate of drug-likeness (QED) is 0.713. The molecule has 0 radical (unpaired) electrons. The molecule has 1 aliphatic rings. The Kier molecular flexibility index (Phi) is 5.61. The summed E-state index contributed by atoms with van der Waals surface area (Å²) in [4.78, 5) is 31.6. The van der Waals surface area contributed by atoms with Crippen molar-refractivity contribution in [3.63, 3.8) is 0 Å². The number of likely N-dealkylation sites (tertiary alicyclic amines) is 1. The van der Waals surface area contributed by atoms with E-state index in [1.54, 1.807) is 36.5 Å². The zero-order valence-electron chi connectivity index (χ0n) is 17.0. The Morgan fingerprint density at radius 2 is 1.73 bits per heavy atom. The summed E-state index contributed by atoms with van der Waals surface area (Å²) in [6.07, 6.45) is 4.46. The van der Waals surface area contributed by atoms with Gasteiger partial charge in [-0.1, -0.05) is 54.6 Å². The summed E-state index contributed by atoms with van der Waals surface area (Å²) < 4.78 is 0. The molecule has 0 saturated carbocycles. The summed E-state index contributed by atoms with van der Waals surface area (Å²) in [6.45, 7) is 0.969. The van der Waals surface area contributed by atoms with Gasteiger partial charge in [-0.15, -0.1) is 0 Å². The molecule has 1 N–H and O–H groups in total. The van der Waals surface area contributed by atoms with Gasteiger partial charge in [-0.05, 0) is 41.7 Å². The predicted molar refractivity (Wildman–Crippen MR) is 117 cm³/mol. The number of benzene rings is 2. The molecule has 2 amide bonds. The van der Waals surface area contributed by atoms with Crippen LogP contribution in [0.15, 0.2) is 79.1 Å². The summed E-state index contributed by atoms with van der Waals surface area (Å²) in [6, 6.07) is 22.0. The lowest BCUT2D eigenvalue weighted by molar-refractivity contribution is -0.129. The molecule has 1 atom stereocenters. The van der Waals surface area contributed by atoms with Crippen molar-refractivity contribution in [1.29, 1.82) is 0 Å². The Morgan fingerprint density at radius 3 is 2.47 bits per heavy atom. The fraction of sp³-hybridized carbons (Fsp3) is 0.240. The van der Waals surface area contributed by atoms with Crippen molar-refractivity contribution >= 4 is 11.8 Å². The van der Waals surface area contributed by atoms with E-state index in [4.69, 9.17) is 0 Å². The highest BCUT2D eigenvalue weighted by atomic mass is 16.2. The molecule has 5 nitrogen and oxygen atoms in total. The monoisotopic (exact) mass is 399 g/mol. The first-order chi connectivity index (χ1) is 14.6. The maximum atomic E-state index is 12.9. The number of rotatable bonds is 5. The number of nitrogens with one attached hydrogen (secondary N) is 1. The van der Waals surface area contributed by atoms with Crippen molar-refractivity contribution in [2.24, 2.45) is 5.41 Å². The summed E-state index contributed by atoms with van der Waals surface area (Å²) in [5.74, 6) is -0.0705. The largest absolute Gasteiger partial charge is 0.359 e. The average molecular weight is 399 g/mol. The third-order valence-electron chi connectivity index (χ3n) is 5.85. The molecule has 0 aliphatic carbocycles. The van der Waals surface area contributed by atoms with Gasteiger partial charge in [0.1, 0.15) is 0 Å². The van der Waals surface area contributed by atoms with Gasteiger partial charge in [-0.2, -0.15) is 0 Å². The number of amides is 2. The van der Waals surface area contributed by atoms with Crippen LogP contribution >= 0.6 is 0 Å². The molecule has 1 aromatic heterocycles. The van der Waals surface area contributed by atoms with Crippen LogP contribution in [0, 0.1) is 5.41 Å². The molecular formula is C25H25N3O2. The summed E-state index contributed by atoms with van der Waals surface area (Å²) in [5, 5.41) is 2.83. The van der Waals surface area contributed by atoms with Crippen LogP contribution in [0.5, 0.6) is 0 Å².